The predicted molar refractivity (Wildman–Crippen MR) is 125 cm³/mol. The van der Waals surface area contributed by atoms with E-state index >= 15 is 0 Å². The monoisotopic (exact) mass is 473 g/mol. The van der Waals surface area contributed by atoms with Crippen LogP contribution >= 0.6 is 23.2 Å². The normalized spacial score (nSPS) is 22.2. The van der Waals surface area contributed by atoms with Gasteiger partial charge in [0.25, 0.3) is 11.8 Å². The number of likely N-dealkylation sites (tertiary alicyclic amines) is 1. The van der Waals surface area contributed by atoms with Gasteiger partial charge in [0.1, 0.15) is 6.04 Å². The molecule has 2 aromatic rings. The number of nitrogens with one attached hydrogen (secondary N) is 2. The second-order valence-electron chi connectivity index (χ2n) is 8.35. The lowest BCUT2D eigenvalue weighted by atomic mass is 9.84. The first-order chi connectivity index (χ1) is 15.4. The molecule has 2 aliphatic rings. The Bertz CT molecular complexity index is 1060. The number of hydrogen-bond donors (Lipinski definition) is 2. The fourth-order valence-electron chi connectivity index (χ4n) is 4.89. The van der Waals surface area contributed by atoms with Crippen LogP contribution in [-0.4, -0.2) is 41.8 Å². The van der Waals surface area contributed by atoms with Crippen LogP contribution in [0.4, 0.5) is 5.69 Å². The van der Waals surface area contributed by atoms with Crippen LogP contribution in [-0.2, 0) is 4.79 Å². The maximum absolute atomic E-state index is 13.5. The SMILES string of the molecule is CNC(=O)c1cc(NC(=O)C2CC3CCCCC3N2C(=O)c2cccc(Cl)c2)ccc1Cl. The van der Waals surface area contributed by atoms with Crippen molar-refractivity contribution in [3.63, 3.8) is 0 Å². The Morgan fingerprint density at radius 2 is 1.81 bits per heavy atom. The Labute approximate surface area is 197 Å². The van der Waals surface area contributed by atoms with Gasteiger partial charge in [-0.3, -0.25) is 14.4 Å². The number of anilines is 1. The maximum Gasteiger partial charge on any atom is 0.254 e. The van der Waals surface area contributed by atoms with Crippen molar-refractivity contribution in [2.24, 2.45) is 5.92 Å². The summed E-state index contributed by atoms with van der Waals surface area (Å²) in [6, 6.07) is 11.1. The zero-order chi connectivity index (χ0) is 22.8. The second-order valence-corrected chi connectivity index (χ2v) is 9.19. The van der Waals surface area contributed by atoms with Crippen molar-refractivity contribution >= 4 is 46.6 Å². The van der Waals surface area contributed by atoms with Crippen LogP contribution in [0, 0.1) is 5.92 Å². The summed E-state index contributed by atoms with van der Waals surface area (Å²) in [6.07, 6.45) is 4.68. The van der Waals surface area contributed by atoms with E-state index in [1.54, 1.807) is 47.4 Å². The molecule has 1 aliphatic carbocycles. The molecule has 4 rings (SSSR count). The van der Waals surface area contributed by atoms with Gasteiger partial charge in [-0.05, 0) is 61.6 Å². The van der Waals surface area contributed by atoms with Crippen LogP contribution in [0.1, 0.15) is 52.8 Å². The molecule has 3 amide bonds. The van der Waals surface area contributed by atoms with Gasteiger partial charge in [-0.1, -0.05) is 42.1 Å². The molecule has 3 atom stereocenters. The number of fused-ring (bicyclic) bond motifs is 1. The minimum absolute atomic E-state index is 0.0395. The van der Waals surface area contributed by atoms with Gasteiger partial charge in [-0.15, -0.1) is 0 Å². The van der Waals surface area contributed by atoms with Crippen LogP contribution in [0.15, 0.2) is 42.5 Å². The Kier molecular flexibility index (Phi) is 6.72. The van der Waals surface area contributed by atoms with Gasteiger partial charge in [-0.2, -0.15) is 0 Å². The Morgan fingerprint density at radius 3 is 2.56 bits per heavy atom. The Hall–Kier alpha value is -2.57. The molecule has 0 spiro atoms. The fraction of sp³-hybridized carbons (Fsp3) is 0.375. The van der Waals surface area contributed by atoms with Crippen molar-refractivity contribution in [3.05, 3.63) is 63.6 Å². The van der Waals surface area contributed by atoms with E-state index in [-0.39, 0.29) is 29.3 Å². The van der Waals surface area contributed by atoms with Crippen LogP contribution in [0.25, 0.3) is 0 Å². The van der Waals surface area contributed by atoms with Gasteiger partial charge in [0.15, 0.2) is 0 Å². The number of benzene rings is 2. The lowest BCUT2D eigenvalue weighted by molar-refractivity contribution is -0.120. The number of nitrogens with zero attached hydrogens (tertiary/aromatic N) is 1. The average molecular weight is 474 g/mol. The van der Waals surface area contributed by atoms with Crippen LogP contribution in [0.3, 0.4) is 0 Å². The van der Waals surface area contributed by atoms with Crippen molar-refractivity contribution in [2.45, 2.75) is 44.2 Å². The molecule has 3 unspecified atom stereocenters. The highest BCUT2D eigenvalue weighted by molar-refractivity contribution is 6.34. The molecule has 2 fully saturated rings. The molecule has 32 heavy (non-hydrogen) atoms. The molecular weight excluding hydrogens is 449 g/mol. The third-order valence-corrected chi connectivity index (χ3v) is 6.97. The summed E-state index contributed by atoms with van der Waals surface area (Å²) in [6.45, 7) is 0. The van der Waals surface area contributed by atoms with Gasteiger partial charge in [0.05, 0.1) is 10.6 Å². The van der Waals surface area contributed by atoms with E-state index in [1.807, 2.05) is 0 Å². The third kappa shape index (κ3) is 4.48. The molecule has 2 N–H and O–H groups in total. The van der Waals surface area contributed by atoms with Crippen LogP contribution in [0.2, 0.25) is 10.0 Å². The molecule has 0 aromatic heterocycles. The van der Waals surface area contributed by atoms with Crippen molar-refractivity contribution in [2.75, 3.05) is 12.4 Å². The van der Waals surface area contributed by atoms with E-state index in [4.69, 9.17) is 23.2 Å². The smallest absolute Gasteiger partial charge is 0.254 e. The molecule has 6 nitrogen and oxygen atoms in total. The largest absolute Gasteiger partial charge is 0.355 e. The molecule has 1 aliphatic heterocycles. The number of hydrogen-bond acceptors (Lipinski definition) is 3. The highest BCUT2D eigenvalue weighted by Gasteiger charge is 2.47. The number of carbonyl (C=O) groups excluding carboxylic acids is 3. The maximum atomic E-state index is 13.5. The topological polar surface area (TPSA) is 78.5 Å². The summed E-state index contributed by atoms with van der Waals surface area (Å²) < 4.78 is 0. The highest BCUT2D eigenvalue weighted by Crippen LogP contribution is 2.41. The fourth-order valence-corrected chi connectivity index (χ4v) is 5.29. The first-order valence-electron chi connectivity index (χ1n) is 10.8. The minimum atomic E-state index is -0.589. The summed E-state index contributed by atoms with van der Waals surface area (Å²) >= 11 is 12.2. The van der Waals surface area contributed by atoms with Gasteiger partial charge >= 0.3 is 0 Å². The number of halogens is 2. The summed E-state index contributed by atoms with van der Waals surface area (Å²) in [4.78, 5) is 40.6. The van der Waals surface area contributed by atoms with E-state index in [2.05, 4.69) is 10.6 Å². The number of rotatable bonds is 4. The van der Waals surface area contributed by atoms with E-state index < -0.39 is 6.04 Å². The standard InChI is InChI=1S/C24H25Cl2N3O3/c1-27-22(30)18-13-17(9-10-19(18)26)28-23(31)21-12-14-5-2-3-8-20(14)29(21)24(32)15-6-4-7-16(25)11-15/h4,6-7,9-11,13-14,20-21H,2-3,5,8,12H2,1H3,(H,27,30)(H,28,31). The lowest BCUT2D eigenvalue weighted by Gasteiger charge is -2.33. The van der Waals surface area contributed by atoms with Gasteiger partial charge in [0, 0.05) is 29.4 Å². The minimum Gasteiger partial charge on any atom is -0.355 e. The Morgan fingerprint density at radius 1 is 1.03 bits per heavy atom. The molecule has 1 saturated heterocycles. The van der Waals surface area contributed by atoms with Gasteiger partial charge in [0.2, 0.25) is 5.91 Å². The van der Waals surface area contributed by atoms with E-state index in [0.717, 1.165) is 25.7 Å². The molecule has 0 radical (unpaired) electrons. The van der Waals surface area contributed by atoms with Gasteiger partial charge < -0.3 is 15.5 Å². The van der Waals surface area contributed by atoms with Crippen molar-refractivity contribution < 1.29 is 14.4 Å². The van der Waals surface area contributed by atoms with E-state index in [1.165, 1.54) is 7.05 Å². The average Bonchev–Trinajstić information content (AvgIpc) is 3.19. The summed E-state index contributed by atoms with van der Waals surface area (Å²) in [5, 5.41) is 6.21. The first-order valence-corrected chi connectivity index (χ1v) is 11.6. The summed E-state index contributed by atoms with van der Waals surface area (Å²) in [5.41, 5.74) is 1.22. The van der Waals surface area contributed by atoms with Crippen LogP contribution in [0.5, 0.6) is 0 Å². The predicted octanol–water partition coefficient (Wildman–Crippen LogP) is 4.77. The third-order valence-electron chi connectivity index (χ3n) is 6.40. The first kappa shape index (κ1) is 22.6. The van der Waals surface area contributed by atoms with Crippen molar-refractivity contribution in [3.8, 4) is 0 Å². The number of carbonyl (C=O) groups is 3. The molecule has 0 bridgehead atoms. The molecule has 2 aromatic carbocycles. The molecule has 168 valence electrons. The lowest BCUT2D eigenvalue weighted by Crippen LogP contribution is -2.47. The van der Waals surface area contributed by atoms with Crippen molar-refractivity contribution in [1.82, 2.24) is 10.2 Å². The zero-order valence-corrected chi connectivity index (χ0v) is 19.2. The quantitative estimate of drug-likeness (QED) is 0.671. The molecule has 1 saturated carbocycles. The van der Waals surface area contributed by atoms with Crippen molar-refractivity contribution in [1.29, 1.82) is 0 Å². The van der Waals surface area contributed by atoms with Gasteiger partial charge in [-0.25, -0.2) is 0 Å². The Balaban J connectivity index is 1.61. The summed E-state index contributed by atoms with van der Waals surface area (Å²) in [7, 11) is 1.52. The summed E-state index contributed by atoms with van der Waals surface area (Å²) in [5.74, 6) is -0.478. The molecule has 1 heterocycles. The zero-order valence-electron chi connectivity index (χ0n) is 17.7. The van der Waals surface area contributed by atoms with E-state index in [9.17, 15) is 14.4 Å². The highest BCUT2D eigenvalue weighted by atomic mass is 35.5. The van der Waals surface area contributed by atoms with Crippen LogP contribution < -0.4 is 10.6 Å². The molecular formula is C24H25Cl2N3O3. The second kappa shape index (κ2) is 9.51. The number of amides is 3. The van der Waals surface area contributed by atoms with E-state index in [0.29, 0.717) is 33.6 Å². The molecule has 8 heteroatoms.